The molecule has 0 spiro atoms. The predicted molar refractivity (Wildman–Crippen MR) is 45.0 cm³/mol. The van der Waals surface area contributed by atoms with E-state index in [4.69, 9.17) is 0 Å². The molecule has 0 saturated heterocycles. The minimum atomic E-state index is -3.69. The summed E-state index contributed by atoms with van der Waals surface area (Å²) in [5, 5.41) is 0. The molecule has 0 unspecified atom stereocenters. The van der Waals surface area contributed by atoms with E-state index in [1.54, 1.807) is 6.92 Å². The molecular formula is C7H12O4S. The zero-order chi connectivity index (χ0) is 9.78. The first-order valence-electron chi connectivity index (χ1n) is 3.51. The second-order valence-electron chi connectivity index (χ2n) is 2.41. The molecule has 0 aliphatic rings. The van der Waals surface area contributed by atoms with Crippen molar-refractivity contribution in [3.8, 4) is 0 Å². The molecule has 0 fully saturated rings. The van der Waals surface area contributed by atoms with E-state index in [1.165, 1.54) is 6.92 Å². The molecule has 0 N–H and O–H groups in total. The van der Waals surface area contributed by atoms with Gasteiger partial charge in [0, 0.05) is 5.57 Å². The molecule has 0 aliphatic heterocycles. The maximum Gasteiger partial charge on any atom is 0.348 e. The Bertz CT molecular complexity index is 276. The van der Waals surface area contributed by atoms with Gasteiger partial charge in [0.1, 0.15) is 0 Å². The van der Waals surface area contributed by atoms with E-state index in [0.717, 1.165) is 0 Å². The minimum Gasteiger partial charge on any atom is -0.342 e. The largest absolute Gasteiger partial charge is 0.348 e. The van der Waals surface area contributed by atoms with E-state index in [-0.39, 0.29) is 11.3 Å². The molecule has 0 aliphatic carbocycles. The van der Waals surface area contributed by atoms with E-state index >= 15 is 0 Å². The molecule has 0 bridgehead atoms. The topological polar surface area (TPSA) is 60.4 Å². The van der Waals surface area contributed by atoms with Crippen LogP contribution in [0.4, 0.5) is 0 Å². The van der Waals surface area contributed by atoms with E-state index in [1.807, 2.05) is 0 Å². The molecule has 0 atom stereocenters. The molecule has 0 radical (unpaired) electrons. The van der Waals surface area contributed by atoms with Gasteiger partial charge >= 0.3 is 16.1 Å². The molecule has 5 heteroatoms. The molecule has 0 amide bonds. The lowest BCUT2D eigenvalue weighted by Crippen LogP contribution is -2.15. The average Bonchev–Trinajstić information content (AvgIpc) is 1.85. The SMILES string of the molecule is C=C(C)C(=O)OS(=O)(=O)CCC. The highest BCUT2D eigenvalue weighted by Gasteiger charge is 2.15. The standard InChI is InChI=1S/C7H12O4S/c1-4-5-12(9,10)11-7(8)6(2)3/h2,4-5H2,1,3H3. The lowest BCUT2D eigenvalue weighted by atomic mass is 10.4. The van der Waals surface area contributed by atoms with Crippen molar-refractivity contribution in [2.24, 2.45) is 0 Å². The van der Waals surface area contributed by atoms with Crippen LogP contribution in [0.1, 0.15) is 20.3 Å². The minimum absolute atomic E-state index is 0.0784. The van der Waals surface area contributed by atoms with Crippen LogP contribution in [0, 0.1) is 0 Å². The zero-order valence-corrected chi connectivity index (χ0v) is 7.98. The average molecular weight is 192 g/mol. The van der Waals surface area contributed by atoms with Gasteiger partial charge < -0.3 is 4.18 Å². The van der Waals surface area contributed by atoms with Crippen LogP contribution in [0.15, 0.2) is 12.2 Å². The van der Waals surface area contributed by atoms with E-state index in [9.17, 15) is 13.2 Å². The summed E-state index contributed by atoms with van der Waals surface area (Å²) < 4.78 is 25.9. The Balaban J connectivity index is 4.26. The quantitative estimate of drug-likeness (QED) is 0.489. The number of carbonyl (C=O) groups excluding carboxylic acids is 1. The molecule has 0 aromatic rings. The molecule has 0 aromatic carbocycles. The first-order valence-corrected chi connectivity index (χ1v) is 5.08. The first-order chi connectivity index (χ1) is 5.39. The van der Waals surface area contributed by atoms with Crippen LogP contribution >= 0.6 is 0 Å². The third-order valence-corrected chi connectivity index (χ3v) is 2.32. The molecule has 0 heterocycles. The normalized spacial score (nSPS) is 10.8. The Morgan fingerprint density at radius 3 is 2.33 bits per heavy atom. The van der Waals surface area contributed by atoms with Crippen molar-refractivity contribution < 1.29 is 17.4 Å². The highest BCUT2D eigenvalue weighted by molar-refractivity contribution is 7.87. The Morgan fingerprint density at radius 2 is 2.00 bits per heavy atom. The lowest BCUT2D eigenvalue weighted by Gasteiger charge is -2.02. The van der Waals surface area contributed by atoms with Gasteiger partial charge in [0.25, 0.3) is 0 Å². The molecule has 0 rings (SSSR count). The Kier molecular flexibility index (Phi) is 3.95. The fourth-order valence-corrected chi connectivity index (χ4v) is 1.43. The summed E-state index contributed by atoms with van der Waals surface area (Å²) in [5.41, 5.74) is 0.0784. The van der Waals surface area contributed by atoms with Crippen molar-refractivity contribution >= 4 is 16.1 Å². The zero-order valence-electron chi connectivity index (χ0n) is 7.16. The van der Waals surface area contributed by atoms with Crippen molar-refractivity contribution in [3.63, 3.8) is 0 Å². The highest BCUT2D eigenvalue weighted by atomic mass is 32.2. The third-order valence-electron chi connectivity index (χ3n) is 1.01. The number of rotatable bonds is 4. The van der Waals surface area contributed by atoms with Gasteiger partial charge in [0.05, 0.1) is 5.75 Å². The Morgan fingerprint density at radius 1 is 1.50 bits per heavy atom. The molecule has 70 valence electrons. The van der Waals surface area contributed by atoms with Crippen molar-refractivity contribution in [3.05, 3.63) is 12.2 Å². The third kappa shape index (κ3) is 4.12. The predicted octanol–water partition coefficient (Wildman–Crippen LogP) is 0.846. The Hall–Kier alpha value is -0.840. The van der Waals surface area contributed by atoms with Gasteiger partial charge in [-0.05, 0) is 13.3 Å². The van der Waals surface area contributed by atoms with Crippen molar-refractivity contribution in [1.29, 1.82) is 0 Å². The fourth-order valence-electron chi connectivity index (χ4n) is 0.478. The second-order valence-corrected chi connectivity index (χ2v) is 4.10. The second kappa shape index (κ2) is 4.25. The van der Waals surface area contributed by atoms with E-state index in [0.29, 0.717) is 6.42 Å². The van der Waals surface area contributed by atoms with Gasteiger partial charge in [-0.3, -0.25) is 0 Å². The smallest absolute Gasteiger partial charge is 0.342 e. The van der Waals surface area contributed by atoms with Crippen LogP contribution in [0.3, 0.4) is 0 Å². The van der Waals surface area contributed by atoms with Gasteiger partial charge in [0.15, 0.2) is 0 Å². The number of hydrogen-bond acceptors (Lipinski definition) is 4. The van der Waals surface area contributed by atoms with Gasteiger partial charge in [0.2, 0.25) is 0 Å². The van der Waals surface area contributed by atoms with Gasteiger partial charge in [-0.15, -0.1) is 0 Å². The fraction of sp³-hybridized carbons (Fsp3) is 0.571. The molecule has 0 saturated carbocycles. The number of hydrogen-bond donors (Lipinski definition) is 0. The van der Waals surface area contributed by atoms with Crippen molar-refractivity contribution in [2.75, 3.05) is 5.75 Å². The highest BCUT2D eigenvalue weighted by Crippen LogP contribution is 2.01. The maximum atomic E-state index is 10.9. The first kappa shape index (κ1) is 11.2. The van der Waals surface area contributed by atoms with Crippen LogP contribution in [0.2, 0.25) is 0 Å². The van der Waals surface area contributed by atoms with Gasteiger partial charge in [-0.2, -0.15) is 8.42 Å². The van der Waals surface area contributed by atoms with Gasteiger partial charge in [-0.25, -0.2) is 4.79 Å². The summed E-state index contributed by atoms with van der Waals surface area (Å²) in [6.45, 7) is 6.34. The van der Waals surface area contributed by atoms with Crippen molar-refractivity contribution in [1.82, 2.24) is 0 Å². The van der Waals surface area contributed by atoms with Gasteiger partial charge in [-0.1, -0.05) is 13.5 Å². The Labute approximate surface area is 72.3 Å². The van der Waals surface area contributed by atoms with Crippen molar-refractivity contribution in [2.45, 2.75) is 20.3 Å². The molecule has 12 heavy (non-hydrogen) atoms. The summed E-state index contributed by atoms with van der Waals surface area (Å²) in [6, 6.07) is 0. The van der Waals surface area contributed by atoms with Crippen LogP contribution in [-0.4, -0.2) is 20.1 Å². The summed E-state index contributed by atoms with van der Waals surface area (Å²) >= 11 is 0. The van der Waals surface area contributed by atoms with E-state index in [2.05, 4.69) is 10.8 Å². The number of carbonyl (C=O) groups is 1. The molecule has 4 nitrogen and oxygen atoms in total. The van der Waals surface area contributed by atoms with Crippen LogP contribution in [0.5, 0.6) is 0 Å². The lowest BCUT2D eigenvalue weighted by molar-refractivity contribution is -0.129. The maximum absolute atomic E-state index is 10.9. The molecule has 0 aromatic heterocycles. The van der Waals surface area contributed by atoms with Crippen LogP contribution in [0.25, 0.3) is 0 Å². The summed E-state index contributed by atoms with van der Waals surface area (Å²) in [4.78, 5) is 10.7. The summed E-state index contributed by atoms with van der Waals surface area (Å²) in [7, 11) is -3.69. The van der Waals surface area contributed by atoms with E-state index < -0.39 is 16.1 Å². The summed E-state index contributed by atoms with van der Waals surface area (Å²) in [6.07, 6.45) is 0.422. The molecular weight excluding hydrogens is 180 g/mol. The summed E-state index contributed by atoms with van der Waals surface area (Å²) in [5.74, 6) is -1.03. The van der Waals surface area contributed by atoms with Crippen LogP contribution < -0.4 is 0 Å². The van der Waals surface area contributed by atoms with Crippen LogP contribution in [-0.2, 0) is 19.1 Å². The monoisotopic (exact) mass is 192 g/mol.